The number of quaternary nitrogens is 1. The van der Waals surface area contributed by atoms with Gasteiger partial charge in [-0.3, -0.25) is 0 Å². The van der Waals surface area contributed by atoms with Crippen molar-refractivity contribution >= 4 is 0 Å². The van der Waals surface area contributed by atoms with E-state index in [-0.39, 0.29) is 0 Å². The lowest BCUT2D eigenvalue weighted by Gasteiger charge is -2.23. The van der Waals surface area contributed by atoms with Gasteiger partial charge >= 0.3 is 0 Å². The van der Waals surface area contributed by atoms with Gasteiger partial charge in [0.2, 0.25) is 0 Å². The molecule has 0 amide bonds. The monoisotopic (exact) mass is 326 g/mol. The predicted molar refractivity (Wildman–Crippen MR) is 107 cm³/mol. The fraction of sp³-hybridized carbons (Fsp3) is 1.00. The van der Waals surface area contributed by atoms with Crippen molar-refractivity contribution in [1.29, 1.82) is 0 Å². The summed E-state index contributed by atoms with van der Waals surface area (Å²) in [6, 6.07) is 0. The summed E-state index contributed by atoms with van der Waals surface area (Å²) in [4.78, 5) is 0. The average Bonchev–Trinajstić information content (AvgIpc) is 2.49. The first-order valence-electron chi connectivity index (χ1n) is 10.8. The highest BCUT2D eigenvalue weighted by Gasteiger charge is 2.05. The van der Waals surface area contributed by atoms with E-state index in [2.05, 4.69) is 35.0 Å². The van der Waals surface area contributed by atoms with Crippen molar-refractivity contribution in [3.63, 3.8) is 0 Å². The molecule has 0 spiro atoms. The van der Waals surface area contributed by atoms with E-state index in [1.54, 1.807) is 0 Å². The first kappa shape index (κ1) is 23.0. The molecule has 0 fully saturated rings. The Labute approximate surface area is 148 Å². The van der Waals surface area contributed by atoms with E-state index in [9.17, 15) is 0 Å². The first-order chi connectivity index (χ1) is 11.0. The summed E-state index contributed by atoms with van der Waals surface area (Å²) in [5.41, 5.74) is 0. The minimum Gasteiger partial charge on any atom is -0.331 e. The topological polar surface area (TPSA) is 0 Å². The van der Waals surface area contributed by atoms with Gasteiger partial charge in [-0.2, -0.15) is 0 Å². The van der Waals surface area contributed by atoms with Crippen LogP contribution in [0.15, 0.2) is 0 Å². The molecule has 0 radical (unpaired) electrons. The van der Waals surface area contributed by atoms with Crippen molar-refractivity contribution in [3.05, 3.63) is 0 Å². The molecule has 0 saturated carbocycles. The molecule has 0 aromatic rings. The molecule has 0 bridgehead atoms. The van der Waals surface area contributed by atoms with Gasteiger partial charge in [0, 0.05) is 0 Å². The molecule has 0 aromatic heterocycles. The van der Waals surface area contributed by atoms with E-state index < -0.39 is 0 Å². The second-order valence-electron chi connectivity index (χ2n) is 8.91. The summed E-state index contributed by atoms with van der Waals surface area (Å²) in [6.45, 7) is 6.04. The Hall–Kier alpha value is -0.0400. The van der Waals surface area contributed by atoms with Crippen molar-refractivity contribution < 1.29 is 4.48 Å². The van der Waals surface area contributed by atoms with Gasteiger partial charge < -0.3 is 4.48 Å². The van der Waals surface area contributed by atoms with E-state index in [0.29, 0.717) is 0 Å². The molecule has 23 heavy (non-hydrogen) atoms. The highest BCUT2D eigenvalue weighted by atomic mass is 15.3. The summed E-state index contributed by atoms with van der Waals surface area (Å²) in [7, 11) is 6.89. The van der Waals surface area contributed by atoms with Gasteiger partial charge in [-0.15, -0.1) is 0 Å². The lowest BCUT2D eigenvalue weighted by Crippen LogP contribution is -2.35. The maximum absolute atomic E-state index is 2.39. The lowest BCUT2D eigenvalue weighted by atomic mass is 9.99. The molecule has 1 heteroatoms. The van der Waals surface area contributed by atoms with Crippen LogP contribution in [0.2, 0.25) is 0 Å². The number of unbranched alkanes of at least 4 members (excludes halogenated alkanes) is 12. The molecule has 0 saturated heterocycles. The average molecular weight is 327 g/mol. The van der Waals surface area contributed by atoms with Crippen LogP contribution in [0, 0.1) is 5.92 Å². The van der Waals surface area contributed by atoms with Crippen molar-refractivity contribution in [2.24, 2.45) is 5.92 Å². The SMILES string of the molecule is CCC(C)CCCCCCCCCCCCCCC[N+](C)(C)C. The molecule has 0 rings (SSSR count). The third kappa shape index (κ3) is 19.9. The third-order valence-electron chi connectivity index (χ3n) is 5.22. The molecule has 0 heterocycles. The highest BCUT2D eigenvalue weighted by Crippen LogP contribution is 2.15. The van der Waals surface area contributed by atoms with Crippen LogP contribution in [0.5, 0.6) is 0 Å². The van der Waals surface area contributed by atoms with Gasteiger partial charge in [-0.05, 0) is 18.8 Å². The normalized spacial score (nSPS) is 13.4. The van der Waals surface area contributed by atoms with Gasteiger partial charge in [0.05, 0.1) is 27.7 Å². The number of nitrogens with zero attached hydrogens (tertiary/aromatic N) is 1. The van der Waals surface area contributed by atoms with Crippen LogP contribution < -0.4 is 0 Å². The standard InChI is InChI=1S/C22H48N/c1-6-22(2)20-18-16-14-12-10-8-7-9-11-13-15-17-19-21-23(3,4)5/h22H,6-21H2,1-5H3/q+1. The summed E-state index contributed by atoms with van der Waals surface area (Å²) < 4.78 is 1.12. The van der Waals surface area contributed by atoms with Crippen LogP contribution in [-0.4, -0.2) is 32.2 Å². The van der Waals surface area contributed by atoms with E-state index >= 15 is 0 Å². The Morgan fingerprint density at radius 3 is 1.26 bits per heavy atom. The minimum absolute atomic E-state index is 0.947. The fourth-order valence-corrected chi connectivity index (χ4v) is 3.23. The van der Waals surface area contributed by atoms with Gasteiger partial charge in [-0.25, -0.2) is 0 Å². The van der Waals surface area contributed by atoms with Crippen LogP contribution >= 0.6 is 0 Å². The molecule has 0 aliphatic heterocycles. The Morgan fingerprint density at radius 2 is 0.913 bits per heavy atom. The number of rotatable bonds is 17. The smallest absolute Gasteiger partial charge is 0.0780 e. The summed E-state index contributed by atoms with van der Waals surface area (Å²) in [5.74, 6) is 0.947. The molecule has 140 valence electrons. The maximum atomic E-state index is 2.39. The maximum Gasteiger partial charge on any atom is 0.0780 e. The molecule has 0 aromatic carbocycles. The number of hydrogen-bond acceptors (Lipinski definition) is 0. The minimum atomic E-state index is 0.947. The zero-order valence-corrected chi connectivity index (χ0v) is 17.3. The summed E-state index contributed by atoms with van der Waals surface area (Å²) in [5, 5.41) is 0. The van der Waals surface area contributed by atoms with Crippen LogP contribution in [0.25, 0.3) is 0 Å². The van der Waals surface area contributed by atoms with Gasteiger partial charge in [-0.1, -0.05) is 97.3 Å². The van der Waals surface area contributed by atoms with Gasteiger partial charge in [0.15, 0.2) is 0 Å². The molecular weight excluding hydrogens is 278 g/mol. The van der Waals surface area contributed by atoms with E-state index in [4.69, 9.17) is 0 Å². The summed E-state index contributed by atoms with van der Waals surface area (Å²) in [6.07, 6.45) is 21.8. The molecule has 1 unspecified atom stereocenters. The molecule has 1 atom stereocenters. The zero-order chi connectivity index (χ0) is 17.4. The van der Waals surface area contributed by atoms with E-state index in [1.165, 1.54) is 103 Å². The van der Waals surface area contributed by atoms with Crippen LogP contribution in [-0.2, 0) is 0 Å². The van der Waals surface area contributed by atoms with Crippen molar-refractivity contribution in [2.45, 2.75) is 110 Å². The second-order valence-corrected chi connectivity index (χ2v) is 8.91. The molecule has 0 N–H and O–H groups in total. The third-order valence-corrected chi connectivity index (χ3v) is 5.22. The Bertz CT molecular complexity index is 229. The van der Waals surface area contributed by atoms with Crippen molar-refractivity contribution in [1.82, 2.24) is 0 Å². The number of hydrogen-bond donors (Lipinski definition) is 0. The predicted octanol–water partition coefficient (Wildman–Crippen LogP) is 7.20. The first-order valence-corrected chi connectivity index (χ1v) is 10.8. The van der Waals surface area contributed by atoms with Crippen LogP contribution in [0.3, 0.4) is 0 Å². The highest BCUT2D eigenvalue weighted by molar-refractivity contribution is 4.52. The van der Waals surface area contributed by atoms with Crippen LogP contribution in [0.4, 0.5) is 0 Å². The molecular formula is C22H48N+. The van der Waals surface area contributed by atoms with Gasteiger partial charge in [0.1, 0.15) is 0 Å². The van der Waals surface area contributed by atoms with E-state index in [0.717, 1.165) is 10.4 Å². The molecule has 0 aliphatic carbocycles. The Balaban J connectivity index is 3.05. The van der Waals surface area contributed by atoms with Crippen LogP contribution in [0.1, 0.15) is 110 Å². The largest absolute Gasteiger partial charge is 0.331 e. The lowest BCUT2D eigenvalue weighted by molar-refractivity contribution is -0.870. The zero-order valence-electron chi connectivity index (χ0n) is 17.3. The Kier molecular flexibility index (Phi) is 15.5. The van der Waals surface area contributed by atoms with Crippen molar-refractivity contribution in [2.75, 3.05) is 27.7 Å². The van der Waals surface area contributed by atoms with Crippen molar-refractivity contribution in [3.8, 4) is 0 Å². The molecule has 1 nitrogen and oxygen atoms in total. The van der Waals surface area contributed by atoms with E-state index in [1.807, 2.05) is 0 Å². The fourth-order valence-electron chi connectivity index (χ4n) is 3.23. The second kappa shape index (κ2) is 15.5. The summed E-state index contributed by atoms with van der Waals surface area (Å²) >= 11 is 0. The quantitative estimate of drug-likeness (QED) is 0.196. The molecule has 0 aliphatic rings. The Morgan fingerprint density at radius 1 is 0.565 bits per heavy atom. The van der Waals surface area contributed by atoms with Gasteiger partial charge in [0.25, 0.3) is 0 Å².